The first-order chi connectivity index (χ1) is 39.2. The summed E-state index contributed by atoms with van der Waals surface area (Å²) in [4.78, 5) is 28.6. The molecule has 0 unspecified atom stereocenters. The third-order valence-corrected chi connectivity index (χ3v) is 18.2. The van der Waals surface area contributed by atoms with Crippen molar-refractivity contribution in [2.24, 2.45) is 0 Å². The van der Waals surface area contributed by atoms with E-state index in [2.05, 4.69) is 217 Å². The average molecular weight is 1100 g/mol. The summed E-state index contributed by atoms with van der Waals surface area (Å²) < 4.78 is 12.8. The molecule has 3 heterocycles. The van der Waals surface area contributed by atoms with Crippen LogP contribution in [0.1, 0.15) is 77.6 Å². The quantitative estimate of drug-likeness (QED) is 0.0737. The van der Waals surface area contributed by atoms with E-state index in [9.17, 15) is 20.2 Å². The maximum atomic E-state index is 11.7. The van der Waals surface area contributed by atoms with Gasteiger partial charge in [0.2, 0.25) is 0 Å². The Balaban J connectivity index is 0.000000132. The summed E-state index contributed by atoms with van der Waals surface area (Å²) in [6.07, 6.45) is 5.61. The molecule has 0 spiro atoms. The number of nitro groups is 2. The van der Waals surface area contributed by atoms with Crippen LogP contribution in [0.4, 0.5) is 11.4 Å². The van der Waals surface area contributed by atoms with Crippen LogP contribution in [-0.2, 0) is 20.1 Å². The number of hydrogen-bond donors (Lipinski definition) is 0. The van der Waals surface area contributed by atoms with Gasteiger partial charge in [-0.15, -0.1) is 0 Å². The number of aromatic nitrogens is 2. The monoisotopic (exact) mass is 1090 g/mol. The van der Waals surface area contributed by atoms with E-state index in [-0.39, 0.29) is 50.5 Å². The van der Waals surface area contributed by atoms with Crippen molar-refractivity contribution in [3.63, 3.8) is 0 Å². The molecule has 1 fully saturated rings. The van der Waals surface area contributed by atoms with Crippen molar-refractivity contribution in [3.05, 3.63) is 242 Å². The molecule has 15 rings (SSSR count). The summed E-state index contributed by atoms with van der Waals surface area (Å²) in [5.74, 6) is 0. The van der Waals surface area contributed by atoms with Crippen molar-refractivity contribution in [2.75, 3.05) is 0 Å². The molecule has 10 aromatic carbocycles. The van der Waals surface area contributed by atoms with Gasteiger partial charge in [-0.1, -0.05) is 167 Å². The zero-order chi connectivity index (χ0) is 57.2. The Kier molecular flexibility index (Phi) is 12.2. The highest BCUT2D eigenvalue weighted by atomic mass is 35.5. The molecule has 1 aliphatic heterocycles. The maximum absolute atomic E-state index is 11.7. The van der Waals surface area contributed by atoms with E-state index >= 15 is 0 Å². The standard InChI is InChI=1S/C33H31BO2.C32H22N2O2.C5H3ClN2O2/c1-31(2)29-17-20(34-35-32(3,4)33(5,6)36-34)15-16-25(29)28-18-26-23-13-9-7-11-21(23)22-12-8-10-14-24(22)27(26)19-30(28)31;1-32(2)29-15-19(28-18-33-14-13-31(28)34(35)36)11-12-24(29)27-16-25-22-9-5-3-7-20(22)21-8-4-6-10-23(21)26(25)17-30(27)32;6-4-3-7-2-1-5(4)8(9)10/h7-19H,1-6H3;3-18H,1-2H3;1-3H. The van der Waals surface area contributed by atoms with Gasteiger partial charge in [0.25, 0.3) is 11.4 Å². The Hall–Kier alpha value is -8.87. The number of halogens is 1. The fraction of sp³-hybridized carbons (Fsp3) is 0.171. The van der Waals surface area contributed by atoms with Gasteiger partial charge in [0.05, 0.1) is 32.8 Å². The average Bonchev–Trinajstić information content (AvgIpc) is 4.16. The molecule has 402 valence electrons. The van der Waals surface area contributed by atoms with Crippen LogP contribution in [0.3, 0.4) is 0 Å². The summed E-state index contributed by atoms with van der Waals surface area (Å²) in [6.45, 7) is 17.6. The molecule has 12 aromatic rings. The van der Waals surface area contributed by atoms with E-state index in [0.29, 0.717) is 5.56 Å². The fourth-order valence-electron chi connectivity index (χ4n) is 12.9. The largest absolute Gasteiger partial charge is 0.494 e. The molecule has 0 amide bonds. The number of nitrogens with zero attached hydrogens (tertiary/aromatic N) is 4. The number of pyridine rings is 2. The molecule has 2 aliphatic carbocycles. The highest BCUT2D eigenvalue weighted by Crippen LogP contribution is 2.54. The minimum absolute atomic E-state index is 0.0625. The minimum atomic E-state index is -0.552. The molecule has 0 atom stereocenters. The summed E-state index contributed by atoms with van der Waals surface area (Å²) in [5, 5.41) is 37.3. The molecule has 82 heavy (non-hydrogen) atoms. The Morgan fingerprint density at radius 1 is 0.402 bits per heavy atom. The van der Waals surface area contributed by atoms with Gasteiger partial charge in [-0.25, -0.2) is 0 Å². The Labute approximate surface area is 479 Å². The summed E-state index contributed by atoms with van der Waals surface area (Å²) >= 11 is 5.42. The van der Waals surface area contributed by atoms with Crippen LogP contribution >= 0.6 is 11.6 Å². The highest BCUT2D eigenvalue weighted by Gasteiger charge is 2.52. The second-order valence-corrected chi connectivity index (χ2v) is 24.1. The van der Waals surface area contributed by atoms with E-state index < -0.39 is 4.92 Å². The maximum Gasteiger partial charge on any atom is 0.494 e. The van der Waals surface area contributed by atoms with Crippen LogP contribution in [0.5, 0.6) is 0 Å². The van der Waals surface area contributed by atoms with Crippen LogP contribution < -0.4 is 5.46 Å². The molecule has 1 saturated heterocycles. The lowest BCUT2D eigenvalue weighted by atomic mass is 9.74. The van der Waals surface area contributed by atoms with Crippen LogP contribution in [-0.4, -0.2) is 38.1 Å². The Morgan fingerprint density at radius 2 is 0.768 bits per heavy atom. The van der Waals surface area contributed by atoms with Gasteiger partial charge in [0.1, 0.15) is 5.02 Å². The summed E-state index contributed by atoms with van der Waals surface area (Å²) in [6, 6.07) is 60.2. The van der Waals surface area contributed by atoms with Crippen molar-refractivity contribution >= 4 is 100 Å². The molecule has 10 nitrogen and oxygen atoms in total. The zero-order valence-electron chi connectivity index (χ0n) is 46.7. The predicted molar refractivity (Wildman–Crippen MR) is 335 cm³/mol. The third-order valence-electron chi connectivity index (χ3n) is 17.9. The van der Waals surface area contributed by atoms with Gasteiger partial charge >= 0.3 is 7.12 Å². The Bertz CT molecular complexity index is 4690. The molecule has 2 aromatic heterocycles. The lowest BCUT2D eigenvalue weighted by Gasteiger charge is -2.32. The van der Waals surface area contributed by atoms with Crippen molar-refractivity contribution in [3.8, 4) is 33.4 Å². The van der Waals surface area contributed by atoms with Crippen LogP contribution in [0.15, 0.2) is 195 Å². The Morgan fingerprint density at radius 3 is 1.18 bits per heavy atom. The number of benzene rings is 10. The van der Waals surface area contributed by atoms with Gasteiger partial charge in [-0.05, 0) is 178 Å². The minimum Gasteiger partial charge on any atom is -0.399 e. The third kappa shape index (κ3) is 8.23. The zero-order valence-corrected chi connectivity index (χ0v) is 47.4. The van der Waals surface area contributed by atoms with E-state index in [1.807, 2.05) is 6.07 Å². The van der Waals surface area contributed by atoms with Crippen molar-refractivity contribution in [1.82, 2.24) is 9.97 Å². The molecule has 0 saturated carbocycles. The van der Waals surface area contributed by atoms with Crippen LogP contribution in [0, 0.1) is 20.2 Å². The van der Waals surface area contributed by atoms with Gasteiger partial charge in [-0.3, -0.25) is 30.2 Å². The van der Waals surface area contributed by atoms with Crippen molar-refractivity contribution in [2.45, 2.75) is 77.4 Å². The lowest BCUT2D eigenvalue weighted by Crippen LogP contribution is -2.41. The molecule has 12 heteroatoms. The first kappa shape index (κ1) is 52.5. The number of fused-ring (bicyclic) bond motifs is 18. The van der Waals surface area contributed by atoms with E-state index in [1.165, 1.54) is 140 Å². The predicted octanol–water partition coefficient (Wildman–Crippen LogP) is 17.8. The molecule has 0 N–H and O–H groups in total. The highest BCUT2D eigenvalue weighted by molar-refractivity contribution is 6.62. The SMILES string of the molecule is CC1(C)c2cc(-c3cnccc3[N+](=O)[O-])ccc2-c2cc3c4ccccc4c4ccccc4c3cc21.CC1(C)c2cc(B3OC(C)(C)C(C)(C)O3)ccc2-c2cc3c4ccccc4c4ccccc4c3cc21.O=[N+]([O-])c1ccncc1Cl. The second kappa shape index (κ2) is 19.1. The molecule has 0 radical (unpaired) electrons. The van der Waals surface area contributed by atoms with Gasteiger partial charge in [0.15, 0.2) is 0 Å². The summed E-state index contributed by atoms with van der Waals surface area (Å²) in [7, 11) is -0.355. The molecular weight excluding hydrogens is 1040 g/mol. The number of rotatable bonds is 4. The van der Waals surface area contributed by atoms with E-state index in [0.717, 1.165) is 11.0 Å². The molecule has 0 bridgehead atoms. The van der Waals surface area contributed by atoms with E-state index in [4.69, 9.17) is 20.9 Å². The smallest absolute Gasteiger partial charge is 0.399 e. The molecule has 3 aliphatic rings. The first-order valence-electron chi connectivity index (χ1n) is 27.5. The van der Waals surface area contributed by atoms with Crippen LogP contribution in [0.25, 0.3) is 98.0 Å². The lowest BCUT2D eigenvalue weighted by molar-refractivity contribution is -0.384. The van der Waals surface area contributed by atoms with Gasteiger partial charge < -0.3 is 9.31 Å². The van der Waals surface area contributed by atoms with Crippen LogP contribution in [0.2, 0.25) is 5.02 Å². The summed E-state index contributed by atoms with van der Waals surface area (Å²) in [5.41, 5.74) is 11.6. The van der Waals surface area contributed by atoms with Gasteiger partial charge in [0, 0.05) is 41.6 Å². The molecular formula is C70H56BClN4O6. The van der Waals surface area contributed by atoms with Crippen molar-refractivity contribution < 1.29 is 19.2 Å². The topological polar surface area (TPSA) is 131 Å². The fourth-order valence-corrected chi connectivity index (χ4v) is 13.0. The van der Waals surface area contributed by atoms with E-state index in [1.54, 1.807) is 6.20 Å². The first-order valence-corrected chi connectivity index (χ1v) is 27.9. The van der Waals surface area contributed by atoms with Crippen molar-refractivity contribution in [1.29, 1.82) is 0 Å². The number of hydrogen-bond acceptors (Lipinski definition) is 8. The van der Waals surface area contributed by atoms with Gasteiger partial charge in [-0.2, -0.15) is 0 Å². The second-order valence-electron chi connectivity index (χ2n) is 23.7. The normalized spacial score (nSPS) is 15.6.